The minimum absolute atomic E-state index is 0.242. The van der Waals surface area contributed by atoms with Crippen LogP contribution < -0.4 is 9.46 Å². The van der Waals surface area contributed by atoms with Crippen LogP contribution in [-0.4, -0.2) is 52.8 Å². The van der Waals surface area contributed by atoms with Crippen LogP contribution >= 0.6 is 15.9 Å². The Morgan fingerprint density at radius 3 is 2.29 bits per heavy atom. The summed E-state index contributed by atoms with van der Waals surface area (Å²) in [6.07, 6.45) is 4.59. The lowest BCUT2D eigenvalue weighted by Gasteiger charge is -2.26. The molecule has 0 bridgehead atoms. The second-order valence-corrected chi connectivity index (χ2v) is 9.87. The van der Waals surface area contributed by atoms with Crippen molar-refractivity contribution in [2.75, 3.05) is 44.2 Å². The average Bonchev–Trinajstić information content (AvgIpc) is 2.80. The molecule has 8 heteroatoms. The molecule has 0 atom stereocenters. The number of nitrogens with one attached hydrogen (secondary N) is 1. The molecule has 2 aromatic carbocycles. The van der Waals surface area contributed by atoms with Crippen molar-refractivity contribution in [3.63, 3.8) is 0 Å². The van der Waals surface area contributed by atoms with E-state index in [4.69, 9.17) is 9.47 Å². The van der Waals surface area contributed by atoms with Gasteiger partial charge in [-0.15, -0.1) is 0 Å². The Bertz CT molecular complexity index is 883. The minimum Gasteiger partial charge on any atom is -0.494 e. The number of sulfonamides is 1. The Hall–Kier alpha value is -1.61. The summed E-state index contributed by atoms with van der Waals surface area (Å²) in [6.45, 7) is 5.65. The molecule has 1 N–H and O–H groups in total. The highest BCUT2D eigenvalue weighted by molar-refractivity contribution is 9.08. The number of benzene rings is 2. The SMILES string of the molecule is O=S(=O)(Nc1ccc(OCCCCCCN2CCOCC2)cc1)c1ccc(CBr)cc1. The van der Waals surface area contributed by atoms with Gasteiger partial charge in [-0.05, 0) is 61.3 Å². The topological polar surface area (TPSA) is 67.9 Å². The molecule has 1 heterocycles. The molecule has 6 nitrogen and oxygen atoms in total. The lowest BCUT2D eigenvalue weighted by atomic mass is 10.2. The number of nitrogens with zero attached hydrogens (tertiary/aromatic N) is 1. The van der Waals surface area contributed by atoms with E-state index in [2.05, 4.69) is 25.6 Å². The van der Waals surface area contributed by atoms with Crippen molar-refractivity contribution in [3.05, 3.63) is 54.1 Å². The highest BCUT2D eigenvalue weighted by Gasteiger charge is 2.14. The molecule has 1 saturated heterocycles. The van der Waals surface area contributed by atoms with E-state index in [0.29, 0.717) is 17.6 Å². The molecule has 31 heavy (non-hydrogen) atoms. The molecule has 0 unspecified atom stereocenters. The molecule has 2 aromatic rings. The van der Waals surface area contributed by atoms with Gasteiger partial charge in [-0.25, -0.2) is 8.42 Å². The minimum atomic E-state index is -3.61. The second kappa shape index (κ2) is 12.4. The first-order chi connectivity index (χ1) is 15.1. The monoisotopic (exact) mass is 510 g/mol. The molecule has 1 aliphatic heterocycles. The zero-order valence-corrected chi connectivity index (χ0v) is 20.2. The third kappa shape index (κ3) is 8.11. The van der Waals surface area contributed by atoms with Crippen LogP contribution in [-0.2, 0) is 20.1 Å². The lowest BCUT2D eigenvalue weighted by molar-refractivity contribution is 0.0371. The average molecular weight is 511 g/mol. The van der Waals surface area contributed by atoms with Crippen molar-refractivity contribution in [2.24, 2.45) is 0 Å². The van der Waals surface area contributed by atoms with Gasteiger partial charge >= 0.3 is 0 Å². The molecule has 0 radical (unpaired) electrons. The maximum absolute atomic E-state index is 12.5. The number of hydrogen-bond donors (Lipinski definition) is 1. The summed E-state index contributed by atoms with van der Waals surface area (Å²) >= 11 is 3.36. The first kappa shape index (κ1) is 24.0. The Labute approximate surface area is 194 Å². The number of halogens is 1. The molecule has 3 rings (SSSR count). The van der Waals surface area contributed by atoms with Gasteiger partial charge in [0.2, 0.25) is 0 Å². The molecule has 0 aliphatic carbocycles. The van der Waals surface area contributed by atoms with Gasteiger partial charge in [-0.2, -0.15) is 0 Å². The largest absolute Gasteiger partial charge is 0.494 e. The normalized spacial score (nSPS) is 15.0. The molecule has 0 aromatic heterocycles. The van der Waals surface area contributed by atoms with Crippen molar-refractivity contribution < 1.29 is 17.9 Å². The van der Waals surface area contributed by atoms with Gasteiger partial charge in [0, 0.05) is 24.1 Å². The highest BCUT2D eigenvalue weighted by Crippen LogP contribution is 2.20. The van der Waals surface area contributed by atoms with Gasteiger partial charge < -0.3 is 9.47 Å². The fourth-order valence-corrected chi connectivity index (χ4v) is 4.83. The van der Waals surface area contributed by atoms with Gasteiger partial charge in [0.15, 0.2) is 0 Å². The van der Waals surface area contributed by atoms with Crippen LogP contribution in [0, 0.1) is 0 Å². The number of alkyl halides is 1. The van der Waals surface area contributed by atoms with E-state index in [1.165, 1.54) is 12.8 Å². The van der Waals surface area contributed by atoms with E-state index in [-0.39, 0.29) is 4.90 Å². The van der Waals surface area contributed by atoms with E-state index in [1.54, 1.807) is 48.5 Å². The fourth-order valence-electron chi connectivity index (χ4n) is 3.40. The second-order valence-electron chi connectivity index (χ2n) is 7.62. The fraction of sp³-hybridized carbons (Fsp3) is 0.478. The van der Waals surface area contributed by atoms with Crippen LogP contribution in [0.5, 0.6) is 5.75 Å². The number of unbranched alkanes of at least 4 members (excludes halogenated alkanes) is 3. The van der Waals surface area contributed by atoms with Crippen molar-refractivity contribution in [1.82, 2.24) is 4.90 Å². The summed E-state index contributed by atoms with van der Waals surface area (Å²) in [5, 5.41) is 0.691. The van der Waals surface area contributed by atoms with Crippen LogP contribution in [0.3, 0.4) is 0 Å². The number of anilines is 1. The van der Waals surface area contributed by atoms with Crippen molar-refractivity contribution in [2.45, 2.75) is 35.9 Å². The number of rotatable bonds is 12. The molecule has 0 saturated carbocycles. The van der Waals surface area contributed by atoms with E-state index >= 15 is 0 Å². The number of morpholine rings is 1. The van der Waals surface area contributed by atoms with Crippen LogP contribution in [0.4, 0.5) is 5.69 Å². The predicted octanol–water partition coefficient (Wildman–Crippen LogP) is 4.65. The zero-order valence-electron chi connectivity index (χ0n) is 17.8. The summed E-state index contributed by atoms with van der Waals surface area (Å²) in [6, 6.07) is 13.8. The van der Waals surface area contributed by atoms with Gasteiger partial charge in [-0.1, -0.05) is 40.9 Å². The van der Waals surface area contributed by atoms with Crippen LogP contribution in [0.1, 0.15) is 31.2 Å². The maximum Gasteiger partial charge on any atom is 0.261 e. The first-order valence-electron chi connectivity index (χ1n) is 10.8. The summed E-state index contributed by atoms with van der Waals surface area (Å²) in [5.74, 6) is 0.748. The Balaban J connectivity index is 1.34. The van der Waals surface area contributed by atoms with Crippen LogP contribution in [0.2, 0.25) is 0 Å². The molecule has 0 spiro atoms. The highest BCUT2D eigenvalue weighted by atomic mass is 79.9. The van der Waals surface area contributed by atoms with Gasteiger partial charge in [-0.3, -0.25) is 9.62 Å². The Morgan fingerprint density at radius 2 is 1.61 bits per heavy atom. The molecular formula is C23H31BrN2O4S. The van der Waals surface area contributed by atoms with E-state index in [1.807, 2.05) is 0 Å². The van der Waals surface area contributed by atoms with E-state index < -0.39 is 10.0 Å². The van der Waals surface area contributed by atoms with Gasteiger partial charge in [0.1, 0.15) is 5.75 Å². The van der Waals surface area contributed by atoms with Crippen LogP contribution in [0.15, 0.2) is 53.4 Å². The Morgan fingerprint density at radius 1 is 0.935 bits per heavy atom. The zero-order chi connectivity index (χ0) is 21.9. The van der Waals surface area contributed by atoms with E-state index in [0.717, 1.165) is 57.0 Å². The molecule has 1 aliphatic rings. The first-order valence-corrected chi connectivity index (χ1v) is 13.4. The van der Waals surface area contributed by atoms with Gasteiger partial charge in [0.25, 0.3) is 10.0 Å². The maximum atomic E-state index is 12.5. The standard InChI is InChI=1S/C23H31BrN2O4S/c24-19-20-5-11-23(12-6-20)31(27,28)25-21-7-9-22(10-8-21)30-16-4-2-1-3-13-26-14-17-29-18-15-26/h5-12,25H,1-4,13-19H2. The Kier molecular flexibility index (Phi) is 9.64. The van der Waals surface area contributed by atoms with Gasteiger partial charge in [0.05, 0.1) is 24.7 Å². The molecule has 0 amide bonds. The summed E-state index contributed by atoms with van der Waals surface area (Å²) < 4.78 is 38.8. The van der Waals surface area contributed by atoms with Crippen molar-refractivity contribution in [3.8, 4) is 5.75 Å². The smallest absolute Gasteiger partial charge is 0.261 e. The summed E-state index contributed by atoms with van der Waals surface area (Å²) in [5.41, 5.74) is 1.54. The molecule has 170 valence electrons. The van der Waals surface area contributed by atoms with Crippen LogP contribution in [0.25, 0.3) is 0 Å². The summed E-state index contributed by atoms with van der Waals surface area (Å²) in [4.78, 5) is 2.71. The quantitative estimate of drug-likeness (QED) is 0.332. The summed E-state index contributed by atoms with van der Waals surface area (Å²) in [7, 11) is -3.61. The van der Waals surface area contributed by atoms with E-state index in [9.17, 15) is 8.42 Å². The third-order valence-corrected chi connectivity index (χ3v) is 7.28. The van der Waals surface area contributed by atoms with Crippen molar-refractivity contribution in [1.29, 1.82) is 0 Å². The molecular weight excluding hydrogens is 480 g/mol. The number of ether oxygens (including phenoxy) is 2. The lowest BCUT2D eigenvalue weighted by Crippen LogP contribution is -2.36. The molecule has 1 fully saturated rings. The third-order valence-electron chi connectivity index (χ3n) is 5.24. The number of hydrogen-bond acceptors (Lipinski definition) is 5. The van der Waals surface area contributed by atoms with Crippen molar-refractivity contribution >= 4 is 31.6 Å². The predicted molar refractivity (Wildman–Crippen MR) is 128 cm³/mol.